The van der Waals surface area contributed by atoms with Crippen molar-refractivity contribution < 1.29 is 9.90 Å². The molecule has 1 heterocycles. The Morgan fingerprint density at radius 3 is 2.65 bits per heavy atom. The van der Waals surface area contributed by atoms with Crippen LogP contribution in [0.4, 0.5) is 0 Å². The zero-order valence-corrected chi connectivity index (χ0v) is 9.75. The minimum absolute atomic E-state index is 0.0205. The van der Waals surface area contributed by atoms with Crippen LogP contribution in [0.5, 0.6) is 0 Å². The van der Waals surface area contributed by atoms with Gasteiger partial charge in [-0.3, -0.25) is 4.79 Å². The Morgan fingerprint density at radius 2 is 2.12 bits per heavy atom. The predicted molar refractivity (Wildman–Crippen MR) is 65.3 cm³/mol. The monoisotopic (exact) mass is 234 g/mol. The van der Waals surface area contributed by atoms with Gasteiger partial charge in [0, 0.05) is 6.54 Å². The van der Waals surface area contributed by atoms with Gasteiger partial charge in [-0.1, -0.05) is 30.3 Å². The molecule has 1 saturated heterocycles. The molecule has 1 fully saturated rings. The van der Waals surface area contributed by atoms with Crippen molar-refractivity contribution in [3.8, 4) is 0 Å². The molecule has 0 aliphatic carbocycles. The lowest BCUT2D eigenvalue weighted by Crippen LogP contribution is -2.43. The van der Waals surface area contributed by atoms with E-state index in [0.29, 0.717) is 19.4 Å². The summed E-state index contributed by atoms with van der Waals surface area (Å²) in [7, 11) is 0. The van der Waals surface area contributed by atoms with Crippen molar-refractivity contribution in [3.63, 3.8) is 0 Å². The van der Waals surface area contributed by atoms with Gasteiger partial charge >= 0.3 is 0 Å². The maximum atomic E-state index is 11.8. The molecule has 0 radical (unpaired) electrons. The van der Waals surface area contributed by atoms with Gasteiger partial charge in [0.25, 0.3) is 0 Å². The molecule has 0 saturated carbocycles. The Kier molecular flexibility index (Phi) is 3.76. The number of amides is 1. The van der Waals surface area contributed by atoms with Crippen LogP contribution in [-0.4, -0.2) is 41.1 Å². The van der Waals surface area contributed by atoms with Crippen LogP contribution in [0.1, 0.15) is 12.0 Å². The molecule has 3 N–H and O–H groups in total. The quantitative estimate of drug-likeness (QED) is 0.779. The molecule has 1 aliphatic rings. The van der Waals surface area contributed by atoms with Gasteiger partial charge in [-0.15, -0.1) is 0 Å². The predicted octanol–water partition coefficient (Wildman–Crippen LogP) is 0.150. The molecular weight excluding hydrogens is 216 g/mol. The highest BCUT2D eigenvalue weighted by atomic mass is 16.3. The van der Waals surface area contributed by atoms with Gasteiger partial charge in [0.05, 0.1) is 18.7 Å². The first-order valence-electron chi connectivity index (χ1n) is 5.93. The SMILES string of the molecule is NC1CCN(C(CO)Cc2ccccc2)C1=O. The van der Waals surface area contributed by atoms with Crippen molar-refractivity contribution in [2.24, 2.45) is 5.73 Å². The number of hydrogen-bond donors (Lipinski definition) is 2. The van der Waals surface area contributed by atoms with Crippen molar-refractivity contribution in [3.05, 3.63) is 35.9 Å². The number of rotatable bonds is 4. The number of hydrogen-bond acceptors (Lipinski definition) is 3. The van der Waals surface area contributed by atoms with E-state index >= 15 is 0 Å². The van der Waals surface area contributed by atoms with Crippen LogP contribution in [0.2, 0.25) is 0 Å². The van der Waals surface area contributed by atoms with E-state index in [0.717, 1.165) is 5.56 Å². The second kappa shape index (κ2) is 5.29. The number of aliphatic hydroxyl groups is 1. The Morgan fingerprint density at radius 1 is 1.41 bits per heavy atom. The van der Waals surface area contributed by atoms with Gasteiger partial charge in [-0.2, -0.15) is 0 Å². The highest BCUT2D eigenvalue weighted by molar-refractivity contribution is 5.84. The van der Waals surface area contributed by atoms with Gasteiger partial charge in [0.2, 0.25) is 5.91 Å². The topological polar surface area (TPSA) is 66.6 Å². The highest BCUT2D eigenvalue weighted by Crippen LogP contribution is 2.16. The van der Waals surface area contributed by atoms with Crippen molar-refractivity contribution >= 4 is 5.91 Å². The second-order valence-electron chi connectivity index (χ2n) is 4.45. The number of benzene rings is 1. The van der Waals surface area contributed by atoms with Crippen LogP contribution in [0.3, 0.4) is 0 Å². The third-order valence-electron chi connectivity index (χ3n) is 3.25. The van der Waals surface area contributed by atoms with Crippen molar-refractivity contribution in [2.45, 2.75) is 24.9 Å². The maximum Gasteiger partial charge on any atom is 0.239 e. The first-order valence-corrected chi connectivity index (χ1v) is 5.93. The Bertz CT molecular complexity index is 380. The lowest BCUT2D eigenvalue weighted by molar-refractivity contribution is -0.131. The number of carbonyl (C=O) groups is 1. The number of nitrogens with two attached hydrogens (primary N) is 1. The third-order valence-corrected chi connectivity index (χ3v) is 3.25. The number of likely N-dealkylation sites (tertiary alicyclic amines) is 1. The van der Waals surface area contributed by atoms with E-state index in [2.05, 4.69) is 0 Å². The van der Waals surface area contributed by atoms with Crippen LogP contribution in [0, 0.1) is 0 Å². The van der Waals surface area contributed by atoms with Gasteiger partial charge in [-0.25, -0.2) is 0 Å². The molecule has 1 aromatic rings. The van der Waals surface area contributed by atoms with Crippen molar-refractivity contribution in [1.82, 2.24) is 4.90 Å². The third kappa shape index (κ3) is 2.65. The average Bonchev–Trinajstić information content (AvgIpc) is 2.69. The summed E-state index contributed by atoms with van der Waals surface area (Å²) < 4.78 is 0. The summed E-state index contributed by atoms with van der Waals surface area (Å²) in [5.74, 6) is -0.0417. The minimum Gasteiger partial charge on any atom is -0.394 e. The molecule has 4 heteroatoms. The molecule has 2 rings (SSSR count). The van der Waals surface area contributed by atoms with Gasteiger partial charge in [0.15, 0.2) is 0 Å². The van der Waals surface area contributed by atoms with Gasteiger partial charge in [0.1, 0.15) is 0 Å². The van der Waals surface area contributed by atoms with Crippen LogP contribution in [0.25, 0.3) is 0 Å². The Labute approximate surface area is 101 Å². The van der Waals surface area contributed by atoms with E-state index in [-0.39, 0.29) is 24.6 Å². The molecule has 2 unspecified atom stereocenters. The smallest absolute Gasteiger partial charge is 0.239 e. The molecule has 2 atom stereocenters. The summed E-state index contributed by atoms with van der Waals surface area (Å²) >= 11 is 0. The van der Waals surface area contributed by atoms with Crippen LogP contribution in [-0.2, 0) is 11.2 Å². The molecule has 1 amide bonds. The molecule has 0 bridgehead atoms. The molecule has 0 aromatic heterocycles. The molecule has 4 nitrogen and oxygen atoms in total. The fourth-order valence-electron chi connectivity index (χ4n) is 2.25. The standard InChI is InChI=1S/C13H18N2O2/c14-12-6-7-15(13(12)17)11(9-16)8-10-4-2-1-3-5-10/h1-5,11-12,16H,6-9,14H2. The summed E-state index contributed by atoms with van der Waals surface area (Å²) in [6.07, 6.45) is 1.36. The Balaban J connectivity index is 2.05. The summed E-state index contributed by atoms with van der Waals surface area (Å²) in [6.45, 7) is 0.630. The van der Waals surface area contributed by atoms with Crippen LogP contribution < -0.4 is 5.73 Å². The number of carbonyl (C=O) groups excluding carboxylic acids is 1. The second-order valence-corrected chi connectivity index (χ2v) is 4.45. The van der Waals surface area contributed by atoms with E-state index in [9.17, 15) is 9.90 Å². The van der Waals surface area contributed by atoms with E-state index < -0.39 is 0 Å². The maximum absolute atomic E-state index is 11.8. The van der Waals surface area contributed by atoms with Crippen LogP contribution >= 0.6 is 0 Å². The fourth-order valence-corrected chi connectivity index (χ4v) is 2.25. The van der Waals surface area contributed by atoms with E-state index in [1.54, 1.807) is 4.90 Å². The average molecular weight is 234 g/mol. The summed E-state index contributed by atoms with van der Waals surface area (Å²) in [6, 6.07) is 9.33. The lowest BCUT2D eigenvalue weighted by Gasteiger charge is -2.26. The lowest BCUT2D eigenvalue weighted by atomic mass is 10.1. The molecule has 0 spiro atoms. The van der Waals surface area contributed by atoms with E-state index in [1.807, 2.05) is 30.3 Å². The fraction of sp³-hybridized carbons (Fsp3) is 0.462. The summed E-state index contributed by atoms with van der Waals surface area (Å²) in [5.41, 5.74) is 6.81. The molecule has 1 aromatic carbocycles. The van der Waals surface area contributed by atoms with E-state index in [1.165, 1.54) is 0 Å². The minimum atomic E-state index is -0.389. The van der Waals surface area contributed by atoms with Crippen molar-refractivity contribution in [1.29, 1.82) is 0 Å². The number of nitrogens with zero attached hydrogens (tertiary/aromatic N) is 1. The molecule has 92 valence electrons. The largest absolute Gasteiger partial charge is 0.394 e. The van der Waals surface area contributed by atoms with Crippen molar-refractivity contribution in [2.75, 3.05) is 13.2 Å². The zero-order chi connectivity index (χ0) is 12.3. The Hall–Kier alpha value is -1.39. The zero-order valence-electron chi connectivity index (χ0n) is 9.75. The van der Waals surface area contributed by atoms with Gasteiger partial charge in [-0.05, 0) is 18.4 Å². The summed E-state index contributed by atoms with van der Waals surface area (Å²) in [5, 5.41) is 9.42. The molecule has 17 heavy (non-hydrogen) atoms. The number of aliphatic hydroxyl groups excluding tert-OH is 1. The first-order chi connectivity index (χ1) is 8.22. The molecule has 1 aliphatic heterocycles. The van der Waals surface area contributed by atoms with Gasteiger partial charge < -0.3 is 15.7 Å². The van der Waals surface area contributed by atoms with Crippen LogP contribution in [0.15, 0.2) is 30.3 Å². The summed E-state index contributed by atoms with van der Waals surface area (Å²) in [4.78, 5) is 13.5. The molecular formula is C13H18N2O2. The first kappa shape index (κ1) is 12.1. The normalized spacial score (nSPS) is 21.9. The highest BCUT2D eigenvalue weighted by Gasteiger charge is 2.33. The van der Waals surface area contributed by atoms with E-state index in [4.69, 9.17) is 5.73 Å².